The van der Waals surface area contributed by atoms with Crippen molar-refractivity contribution in [3.05, 3.63) is 28.7 Å². The van der Waals surface area contributed by atoms with Gasteiger partial charge in [-0.2, -0.15) is 0 Å². The van der Waals surface area contributed by atoms with Crippen LogP contribution < -0.4 is 11.1 Å². The van der Waals surface area contributed by atoms with E-state index in [0.717, 1.165) is 4.47 Å². The summed E-state index contributed by atoms with van der Waals surface area (Å²) in [5.41, 5.74) is 5.49. The van der Waals surface area contributed by atoms with Crippen LogP contribution in [0.5, 0.6) is 0 Å². The largest absolute Gasteiger partial charge is 0.409 e. The Labute approximate surface area is 120 Å². The van der Waals surface area contributed by atoms with Gasteiger partial charge in [-0.15, -0.1) is 0 Å². The van der Waals surface area contributed by atoms with E-state index in [1.54, 1.807) is 6.07 Å². The number of carbonyl (C=O) groups excluding carboxylic acids is 1. The maximum absolute atomic E-state index is 12.4. The number of anilines is 1. The summed E-state index contributed by atoms with van der Waals surface area (Å²) in [6, 6.07) is 7.34. The number of benzene rings is 1. The molecule has 1 aromatic rings. The van der Waals surface area contributed by atoms with Crippen molar-refractivity contribution in [1.29, 1.82) is 0 Å². The molecule has 102 valence electrons. The van der Waals surface area contributed by atoms with Crippen molar-refractivity contribution < 1.29 is 10.0 Å². The third-order valence-corrected chi connectivity index (χ3v) is 4.24. The summed E-state index contributed by atoms with van der Waals surface area (Å²) in [5.74, 6) is 0.146. The normalized spacial score (nSPS) is 26.6. The van der Waals surface area contributed by atoms with E-state index >= 15 is 0 Å². The summed E-state index contributed by atoms with van der Waals surface area (Å²) >= 11 is 3.37. The van der Waals surface area contributed by atoms with E-state index in [-0.39, 0.29) is 11.7 Å². The maximum atomic E-state index is 12.4. The molecule has 2 rings (SSSR count). The second-order valence-electron chi connectivity index (χ2n) is 5.01. The minimum Gasteiger partial charge on any atom is -0.409 e. The molecule has 4 N–H and O–H groups in total. The number of nitrogens with one attached hydrogen (secondary N) is 1. The highest BCUT2D eigenvalue weighted by Crippen LogP contribution is 2.46. The van der Waals surface area contributed by atoms with Gasteiger partial charge < -0.3 is 16.3 Å². The first-order chi connectivity index (χ1) is 8.99. The number of nitrogens with two attached hydrogens (primary N) is 1. The number of para-hydroxylation sites is 1. The number of hydrogen-bond acceptors (Lipinski definition) is 3. The molecule has 1 amide bonds. The Hall–Kier alpha value is -1.56. The fourth-order valence-corrected chi connectivity index (χ4v) is 2.92. The molecule has 0 saturated heterocycles. The van der Waals surface area contributed by atoms with Gasteiger partial charge in [-0.1, -0.05) is 24.2 Å². The molecular weight excluding hydrogens is 310 g/mol. The Kier molecular flexibility index (Phi) is 3.80. The van der Waals surface area contributed by atoms with Crippen LogP contribution in [0.15, 0.2) is 33.9 Å². The molecule has 0 atom stereocenters. The zero-order valence-electron chi connectivity index (χ0n) is 10.6. The Balaban J connectivity index is 2.21. The SMILES string of the molecule is CC1CC(C(=O)Nc2ccccc2Br)(/C(N)=N/O)C1. The lowest BCUT2D eigenvalue weighted by molar-refractivity contribution is -0.127. The van der Waals surface area contributed by atoms with E-state index in [1.807, 2.05) is 25.1 Å². The van der Waals surface area contributed by atoms with Crippen LogP contribution in [0.2, 0.25) is 0 Å². The number of hydrogen-bond donors (Lipinski definition) is 3. The molecule has 0 heterocycles. The molecule has 1 saturated carbocycles. The Morgan fingerprint density at radius 2 is 2.16 bits per heavy atom. The van der Waals surface area contributed by atoms with Crippen LogP contribution in [0, 0.1) is 11.3 Å². The van der Waals surface area contributed by atoms with Gasteiger partial charge in [-0.05, 0) is 46.8 Å². The van der Waals surface area contributed by atoms with Crippen molar-refractivity contribution in [2.45, 2.75) is 19.8 Å². The number of rotatable bonds is 3. The summed E-state index contributed by atoms with van der Waals surface area (Å²) in [4.78, 5) is 12.4. The van der Waals surface area contributed by atoms with Gasteiger partial charge in [0.15, 0.2) is 5.84 Å². The first-order valence-corrected chi connectivity index (χ1v) is 6.83. The number of halogens is 1. The van der Waals surface area contributed by atoms with Crippen molar-refractivity contribution in [2.75, 3.05) is 5.32 Å². The molecule has 6 heteroatoms. The van der Waals surface area contributed by atoms with Gasteiger partial charge in [0.2, 0.25) is 5.91 Å². The molecule has 0 spiro atoms. The zero-order chi connectivity index (χ0) is 14.0. The van der Waals surface area contributed by atoms with E-state index in [4.69, 9.17) is 10.9 Å². The zero-order valence-corrected chi connectivity index (χ0v) is 12.1. The van der Waals surface area contributed by atoms with Crippen LogP contribution >= 0.6 is 15.9 Å². The van der Waals surface area contributed by atoms with Gasteiger partial charge in [-0.3, -0.25) is 4.79 Å². The molecule has 1 aliphatic rings. The summed E-state index contributed by atoms with van der Waals surface area (Å²) in [7, 11) is 0. The Morgan fingerprint density at radius 3 is 2.68 bits per heavy atom. The van der Waals surface area contributed by atoms with Crippen LogP contribution in [-0.2, 0) is 4.79 Å². The third-order valence-electron chi connectivity index (χ3n) is 3.55. The van der Waals surface area contributed by atoms with Gasteiger partial charge in [0.25, 0.3) is 0 Å². The number of carbonyl (C=O) groups is 1. The van der Waals surface area contributed by atoms with Crippen LogP contribution in [0.4, 0.5) is 5.69 Å². The van der Waals surface area contributed by atoms with Crippen LogP contribution in [-0.4, -0.2) is 17.0 Å². The van der Waals surface area contributed by atoms with E-state index in [2.05, 4.69) is 26.4 Å². The van der Waals surface area contributed by atoms with E-state index in [1.165, 1.54) is 0 Å². The molecule has 0 bridgehead atoms. The molecular formula is C13H16BrN3O2. The van der Waals surface area contributed by atoms with Crippen molar-refractivity contribution in [3.8, 4) is 0 Å². The van der Waals surface area contributed by atoms with Gasteiger partial charge in [0.1, 0.15) is 5.41 Å². The highest BCUT2D eigenvalue weighted by atomic mass is 79.9. The molecule has 0 aliphatic heterocycles. The second-order valence-corrected chi connectivity index (χ2v) is 5.87. The van der Waals surface area contributed by atoms with Crippen molar-refractivity contribution >= 4 is 33.4 Å². The lowest BCUT2D eigenvalue weighted by Gasteiger charge is -2.43. The Morgan fingerprint density at radius 1 is 1.53 bits per heavy atom. The predicted octanol–water partition coefficient (Wildman–Crippen LogP) is 2.55. The Bertz CT molecular complexity index is 524. The molecule has 1 aliphatic carbocycles. The van der Waals surface area contributed by atoms with Gasteiger partial charge >= 0.3 is 0 Å². The number of amides is 1. The standard InChI is InChI=1S/C13H16BrN3O2/c1-8-6-13(7-8,11(15)17-19)12(18)16-10-5-3-2-4-9(10)14/h2-5,8,19H,6-7H2,1H3,(H2,15,17)(H,16,18). The fraction of sp³-hybridized carbons (Fsp3) is 0.385. The highest BCUT2D eigenvalue weighted by molar-refractivity contribution is 9.10. The molecule has 0 radical (unpaired) electrons. The third kappa shape index (κ3) is 2.45. The number of oxime groups is 1. The average Bonchev–Trinajstić information content (AvgIpc) is 2.36. The lowest BCUT2D eigenvalue weighted by Crippen LogP contribution is -2.54. The minimum atomic E-state index is -0.885. The van der Waals surface area contributed by atoms with E-state index < -0.39 is 5.41 Å². The van der Waals surface area contributed by atoms with Crippen molar-refractivity contribution in [2.24, 2.45) is 22.2 Å². The first kappa shape index (κ1) is 13.9. The smallest absolute Gasteiger partial charge is 0.238 e. The quantitative estimate of drug-likeness (QED) is 0.345. The second kappa shape index (κ2) is 5.21. The average molecular weight is 326 g/mol. The van der Waals surface area contributed by atoms with Crippen molar-refractivity contribution in [3.63, 3.8) is 0 Å². The number of nitrogens with zero attached hydrogens (tertiary/aromatic N) is 1. The predicted molar refractivity (Wildman–Crippen MR) is 77.0 cm³/mol. The highest BCUT2D eigenvalue weighted by Gasteiger charge is 2.52. The summed E-state index contributed by atoms with van der Waals surface area (Å²) < 4.78 is 0.797. The van der Waals surface area contributed by atoms with Crippen molar-refractivity contribution in [1.82, 2.24) is 0 Å². The molecule has 1 fully saturated rings. The summed E-state index contributed by atoms with van der Waals surface area (Å²) in [6.45, 7) is 2.04. The fourth-order valence-electron chi connectivity index (χ4n) is 2.54. The number of amidine groups is 1. The molecule has 0 aromatic heterocycles. The lowest BCUT2D eigenvalue weighted by atomic mass is 9.61. The van der Waals surface area contributed by atoms with Crippen LogP contribution in [0.3, 0.4) is 0 Å². The molecule has 1 aromatic carbocycles. The summed E-state index contributed by atoms with van der Waals surface area (Å²) in [6.07, 6.45) is 1.19. The minimum absolute atomic E-state index is 0.0184. The van der Waals surface area contributed by atoms with E-state index in [9.17, 15) is 4.79 Å². The maximum Gasteiger partial charge on any atom is 0.238 e. The van der Waals surface area contributed by atoms with Gasteiger partial charge in [-0.25, -0.2) is 0 Å². The first-order valence-electron chi connectivity index (χ1n) is 6.03. The summed E-state index contributed by atoms with van der Waals surface area (Å²) in [5, 5.41) is 14.7. The molecule has 0 unspecified atom stereocenters. The van der Waals surface area contributed by atoms with Gasteiger partial charge in [0, 0.05) is 4.47 Å². The monoisotopic (exact) mass is 325 g/mol. The van der Waals surface area contributed by atoms with E-state index in [0.29, 0.717) is 24.4 Å². The molecule has 19 heavy (non-hydrogen) atoms. The van der Waals surface area contributed by atoms with Gasteiger partial charge in [0.05, 0.1) is 5.69 Å². The topological polar surface area (TPSA) is 87.7 Å². The van der Waals surface area contributed by atoms with Crippen LogP contribution in [0.1, 0.15) is 19.8 Å². The van der Waals surface area contributed by atoms with Crippen LogP contribution in [0.25, 0.3) is 0 Å². The molecule has 5 nitrogen and oxygen atoms in total.